The Kier molecular flexibility index (Phi) is 4.64. The maximum atomic E-state index is 13.0. The Hall–Kier alpha value is -1.77. The molecule has 0 aliphatic heterocycles. The first-order valence-electron chi connectivity index (χ1n) is 7.77. The molecule has 0 bridgehead atoms. The third kappa shape index (κ3) is 4.12. The first-order chi connectivity index (χ1) is 10.2. The highest BCUT2D eigenvalue weighted by molar-refractivity contribution is 5.19. The van der Waals surface area contributed by atoms with E-state index in [1.807, 2.05) is 0 Å². The van der Waals surface area contributed by atoms with E-state index in [1.54, 1.807) is 6.07 Å². The van der Waals surface area contributed by atoms with Gasteiger partial charge in [-0.1, -0.05) is 40.7 Å². The lowest BCUT2D eigenvalue weighted by Gasteiger charge is -2.24. The molecule has 118 valence electrons. The molecule has 0 unspecified atom stereocenters. The van der Waals surface area contributed by atoms with E-state index in [0.717, 1.165) is 29.9 Å². The molecule has 2 aromatic heterocycles. The van der Waals surface area contributed by atoms with Gasteiger partial charge in [0, 0.05) is 27.9 Å². The SMILES string of the molecule is CC(C)(C)c1cccc(CCC(C)(C)c2ccc(F)cn2)n1. The second-order valence-electron chi connectivity index (χ2n) is 7.51. The van der Waals surface area contributed by atoms with Crippen molar-refractivity contribution in [2.45, 2.75) is 58.3 Å². The summed E-state index contributed by atoms with van der Waals surface area (Å²) in [6.45, 7) is 10.8. The zero-order chi connectivity index (χ0) is 16.4. The van der Waals surface area contributed by atoms with Gasteiger partial charge in [0.1, 0.15) is 5.82 Å². The minimum Gasteiger partial charge on any atom is -0.258 e. The molecule has 0 aromatic carbocycles. The molecule has 0 atom stereocenters. The summed E-state index contributed by atoms with van der Waals surface area (Å²) in [7, 11) is 0. The number of aromatic nitrogens is 2. The van der Waals surface area contributed by atoms with Crippen molar-refractivity contribution in [1.82, 2.24) is 9.97 Å². The number of hydrogen-bond acceptors (Lipinski definition) is 2. The Morgan fingerprint density at radius 1 is 0.955 bits per heavy atom. The van der Waals surface area contributed by atoms with Crippen LogP contribution in [0.1, 0.15) is 58.1 Å². The molecule has 0 fully saturated rings. The fourth-order valence-electron chi connectivity index (χ4n) is 2.38. The van der Waals surface area contributed by atoms with Crippen LogP contribution in [0.3, 0.4) is 0 Å². The zero-order valence-electron chi connectivity index (χ0n) is 14.2. The number of halogens is 1. The fraction of sp³-hybridized carbons (Fsp3) is 0.474. The van der Waals surface area contributed by atoms with Gasteiger partial charge >= 0.3 is 0 Å². The average Bonchev–Trinajstić information content (AvgIpc) is 2.45. The molecule has 0 radical (unpaired) electrons. The maximum Gasteiger partial charge on any atom is 0.141 e. The van der Waals surface area contributed by atoms with E-state index in [0.29, 0.717) is 0 Å². The molecule has 0 saturated heterocycles. The van der Waals surface area contributed by atoms with Gasteiger partial charge in [0.15, 0.2) is 0 Å². The molecule has 0 spiro atoms. The van der Waals surface area contributed by atoms with E-state index < -0.39 is 0 Å². The molecule has 2 nitrogen and oxygen atoms in total. The Bertz CT molecular complexity index is 625. The third-order valence-electron chi connectivity index (χ3n) is 4.00. The minimum atomic E-state index is -0.293. The average molecular weight is 300 g/mol. The molecule has 22 heavy (non-hydrogen) atoms. The molecule has 0 N–H and O–H groups in total. The number of aryl methyl sites for hydroxylation is 1. The van der Waals surface area contributed by atoms with E-state index in [4.69, 9.17) is 4.98 Å². The summed E-state index contributed by atoms with van der Waals surface area (Å²) in [6.07, 6.45) is 3.10. The van der Waals surface area contributed by atoms with Crippen LogP contribution in [-0.2, 0) is 17.3 Å². The number of pyridine rings is 2. The van der Waals surface area contributed by atoms with Gasteiger partial charge in [0.2, 0.25) is 0 Å². The Balaban J connectivity index is 2.10. The van der Waals surface area contributed by atoms with Crippen LogP contribution in [-0.4, -0.2) is 9.97 Å². The molecule has 2 rings (SSSR count). The molecule has 3 heteroatoms. The smallest absolute Gasteiger partial charge is 0.141 e. The van der Waals surface area contributed by atoms with Gasteiger partial charge in [-0.05, 0) is 37.1 Å². The van der Waals surface area contributed by atoms with Crippen LogP contribution in [0.5, 0.6) is 0 Å². The molecule has 0 amide bonds. The van der Waals surface area contributed by atoms with Crippen molar-refractivity contribution in [1.29, 1.82) is 0 Å². The normalized spacial score (nSPS) is 12.5. The lowest BCUT2D eigenvalue weighted by Crippen LogP contribution is -2.20. The third-order valence-corrected chi connectivity index (χ3v) is 4.00. The summed E-state index contributed by atoms with van der Waals surface area (Å²) < 4.78 is 13.0. The largest absolute Gasteiger partial charge is 0.258 e. The van der Waals surface area contributed by atoms with Gasteiger partial charge in [-0.15, -0.1) is 0 Å². The van der Waals surface area contributed by atoms with Crippen molar-refractivity contribution < 1.29 is 4.39 Å². The topological polar surface area (TPSA) is 25.8 Å². The Morgan fingerprint density at radius 3 is 2.27 bits per heavy atom. The summed E-state index contributed by atoms with van der Waals surface area (Å²) in [5.41, 5.74) is 3.09. The fourth-order valence-corrected chi connectivity index (χ4v) is 2.38. The second-order valence-corrected chi connectivity index (χ2v) is 7.51. The van der Waals surface area contributed by atoms with E-state index >= 15 is 0 Å². The summed E-state index contributed by atoms with van der Waals surface area (Å²) >= 11 is 0. The number of hydrogen-bond donors (Lipinski definition) is 0. The van der Waals surface area contributed by atoms with Gasteiger partial charge in [0.25, 0.3) is 0 Å². The lowest BCUT2D eigenvalue weighted by molar-refractivity contribution is 0.459. The first kappa shape index (κ1) is 16.6. The standard InChI is InChI=1S/C19H25FN2/c1-18(2,3)16-8-6-7-15(22-16)11-12-19(4,5)17-10-9-14(20)13-21-17/h6-10,13H,11-12H2,1-5H3. The molecule has 2 heterocycles. The maximum absolute atomic E-state index is 13.0. The Labute approximate surface area is 132 Å². The summed E-state index contributed by atoms with van der Waals surface area (Å²) in [6, 6.07) is 9.47. The molecular weight excluding hydrogens is 275 g/mol. The van der Waals surface area contributed by atoms with Gasteiger partial charge in [-0.3, -0.25) is 9.97 Å². The van der Waals surface area contributed by atoms with Crippen molar-refractivity contribution in [3.63, 3.8) is 0 Å². The van der Waals surface area contributed by atoms with Crippen LogP contribution in [0.25, 0.3) is 0 Å². The van der Waals surface area contributed by atoms with Crippen molar-refractivity contribution in [2.24, 2.45) is 0 Å². The quantitative estimate of drug-likeness (QED) is 0.808. The van der Waals surface area contributed by atoms with Crippen LogP contribution in [0, 0.1) is 5.82 Å². The summed E-state index contributed by atoms with van der Waals surface area (Å²) in [5, 5.41) is 0. The highest BCUT2D eigenvalue weighted by Gasteiger charge is 2.23. The van der Waals surface area contributed by atoms with Crippen LogP contribution >= 0.6 is 0 Å². The van der Waals surface area contributed by atoms with Gasteiger partial charge < -0.3 is 0 Å². The molecule has 2 aromatic rings. The van der Waals surface area contributed by atoms with Crippen LogP contribution in [0.15, 0.2) is 36.5 Å². The Morgan fingerprint density at radius 2 is 1.68 bits per heavy atom. The van der Waals surface area contributed by atoms with Crippen molar-refractivity contribution >= 4 is 0 Å². The predicted molar refractivity (Wildman–Crippen MR) is 88.5 cm³/mol. The monoisotopic (exact) mass is 300 g/mol. The number of nitrogens with zero attached hydrogens (tertiary/aromatic N) is 2. The van der Waals surface area contributed by atoms with Gasteiger partial charge in [-0.25, -0.2) is 4.39 Å². The summed E-state index contributed by atoms with van der Waals surface area (Å²) in [5.74, 6) is -0.293. The van der Waals surface area contributed by atoms with Crippen LogP contribution in [0.2, 0.25) is 0 Å². The van der Waals surface area contributed by atoms with Crippen molar-refractivity contribution in [3.05, 3.63) is 59.4 Å². The van der Waals surface area contributed by atoms with Crippen molar-refractivity contribution in [2.75, 3.05) is 0 Å². The predicted octanol–water partition coefficient (Wildman–Crippen LogP) is 4.82. The van der Waals surface area contributed by atoms with Crippen molar-refractivity contribution in [3.8, 4) is 0 Å². The van der Waals surface area contributed by atoms with E-state index in [-0.39, 0.29) is 16.6 Å². The molecule has 0 aliphatic rings. The zero-order valence-corrected chi connectivity index (χ0v) is 14.2. The minimum absolute atomic E-state index is 0.0596. The van der Waals surface area contributed by atoms with E-state index in [1.165, 1.54) is 12.3 Å². The second kappa shape index (κ2) is 6.15. The van der Waals surface area contributed by atoms with Gasteiger partial charge in [0.05, 0.1) is 6.20 Å². The molecular formula is C19H25FN2. The van der Waals surface area contributed by atoms with E-state index in [9.17, 15) is 4.39 Å². The number of rotatable bonds is 4. The summed E-state index contributed by atoms with van der Waals surface area (Å²) in [4.78, 5) is 9.00. The van der Waals surface area contributed by atoms with Gasteiger partial charge in [-0.2, -0.15) is 0 Å². The lowest BCUT2D eigenvalue weighted by atomic mass is 9.83. The highest BCUT2D eigenvalue weighted by atomic mass is 19.1. The van der Waals surface area contributed by atoms with E-state index in [2.05, 4.69) is 57.8 Å². The highest BCUT2D eigenvalue weighted by Crippen LogP contribution is 2.27. The molecule has 0 saturated carbocycles. The van der Waals surface area contributed by atoms with Crippen LogP contribution < -0.4 is 0 Å². The molecule has 0 aliphatic carbocycles. The first-order valence-corrected chi connectivity index (χ1v) is 7.77. The van der Waals surface area contributed by atoms with Crippen LogP contribution in [0.4, 0.5) is 4.39 Å².